The minimum Gasteiger partial charge on any atom is -0.478 e. The van der Waals surface area contributed by atoms with E-state index in [0.717, 1.165) is 21.5 Å². The van der Waals surface area contributed by atoms with Crippen LogP contribution in [0.5, 0.6) is 0 Å². The van der Waals surface area contributed by atoms with Crippen LogP contribution in [0.4, 0.5) is 5.69 Å². The van der Waals surface area contributed by atoms with Crippen LogP contribution in [0.1, 0.15) is 21.5 Å². The van der Waals surface area contributed by atoms with Gasteiger partial charge in [0.2, 0.25) is 0 Å². The van der Waals surface area contributed by atoms with Crippen molar-refractivity contribution < 1.29 is 18.3 Å². The molecule has 0 aromatic heterocycles. The van der Waals surface area contributed by atoms with Crippen molar-refractivity contribution in [1.82, 2.24) is 0 Å². The molecule has 2 rings (SSSR count). The van der Waals surface area contributed by atoms with Gasteiger partial charge in [0.05, 0.1) is 16.1 Å². The standard InChI is InChI=1S/C16H16BrNO4S/c1-10-4-7-15(11(2)8-10)18(3)23(21,22)12-5-6-14(17)13(9-12)16(19)20/h4-9H,1-3H3,(H,19,20). The minimum absolute atomic E-state index is 0.0689. The second kappa shape index (κ2) is 6.33. The molecule has 0 fully saturated rings. The maximum atomic E-state index is 12.8. The summed E-state index contributed by atoms with van der Waals surface area (Å²) in [6, 6.07) is 9.42. The number of rotatable bonds is 4. The van der Waals surface area contributed by atoms with E-state index in [2.05, 4.69) is 15.9 Å². The highest BCUT2D eigenvalue weighted by molar-refractivity contribution is 9.10. The summed E-state index contributed by atoms with van der Waals surface area (Å²) in [4.78, 5) is 11.1. The van der Waals surface area contributed by atoms with Gasteiger partial charge in [0.25, 0.3) is 10.0 Å². The summed E-state index contributed by atoms with van der Waals surface area (Å²) in [5.41, 5.74) is 2.32. The highest BCUT2D eigenvalue weighted by atomic mass is 79.9. The van der Waals surface area contributed by atoms with E-state index in [9.17, 15) is 13.2 Å². The predicted molar refractivity (Wildman–Crippen MR) is 92.6 cm³/mol. The summed E-state index contributed by atoms with van der Waals surface area (Å²) in [5, 5.41) is 9.15. The Kier molecular flexibility index (Phi) is 4.81. The van der Waals surface area contributed by atoms with Gasteiger partial charge in [0.1, 0.15) is 0 Å². The van der Waals surface area contributed by atoms with Crippen LogP contribution in [0, 0.1) is 13.8 Å². The van der Waals surface area contributed by atoms with Crippen LogP contribution < -0.4 is 4.31 Å². The Bertz CT molecular complexity index is 878. The molecule has 0 unspecified atom stereocenters. The zero-order valence-electron chi connectivity index (χ0n) is 12.9. The van der Waals surface area contributed by atoms with E-state index in [-0.39, 0.29) is 10.5 Å². The number of benzene rings is 2. The van der Waals surface area contributed by atoms with Gasteiger partial charge in [0, 0.05) is 11.5 Å². The first kappa shape index (κ1) is 17.5. The molecule has 0 heterocycles. The Balaban J connectivity index is 2.53. The van der Waals surface area contributed by atoms with Gasteiger partial charge in [0.15, 0.2) is 0 Å². The molecule has 122 valence electrons. The van der Waals surface area contributed by atoms with Crippen LogP contribution in [0.3, 0.4) is 0 Å². The fourth-order valence-corrected chi connectivity index (χ4v) is 3.98. The molecule has 1 N–H and O–H groups in total. The second-order valence-electron chi connectivity index (χ2n) is 5.21. The molecule has 0 radical (unpaired) electrons. The van der Waals surface area contributed by atoms with Gasteiger partial charge >= 0.3 is 5.97 Å². The lowest BCUT2D eigenvalue weighted by atomic mass is 10.1. The van der Waals surface area contributed by atoms with Crippen molar-refractivity contribution >= 4 is 37.6 Å². The second-order valence-corrected chi connectivity index (χ2v) is 8.03. The van der Waals surface area contributed by atoms with Crippen molar-refractivity contribution in [1.29, 1.82) is 0 Å². The molecular formula is C16H16BrNO4S. The zero-order valence-corrected chi connectivity index (χ0v) is 15.3. The molecule has 0 amide bonds. The van der Waals surface area contributed by atoms with Crippen molar-refractivity contribution in [2.45, 2.75) is 18.7 Å². The van der Waals surface area contributed by atoms with Gasteiger partial charge in [-0.2, -0.15) is 0 Å². The van der Waals surface area contributed by atoms with Gasteiger partial charge in [-0.25, -0.2) is 13.2 Å². The lowest BCUT2D eigenvalue weighted by Crippen LogP contribution is -2.27. The van der Waals surface area contributed by atoms with Crippen LogP contribution in [0.15, 0.2) is 45.8 Å². The average molecular weight is 398 g/mol. The van der Waals surface area contributed by atoms with Crippen molar-refractivity contribution in [2.75, 3.05) is 11.4 Å². The van der Waals surface area contributed by atoms with E-state index in [1.165, 1.54) is 19.2 Å². The number of anilines is 1. The van der Waals surface area contributed by atoms with Crippen molar-refractivity contribution in [3.63, 3.8) is 0 Å². The molecule has 5 nitrogen and oxygen atoms in total. The first-order valence-electron chi connectivity index (χ1n) is 6.73. The smallest absolute Gasteiger partial charge is 0.336 e. The van der Waals surface area contributed by atoms with Gasteiger partial charge in [-0.1, -0.05) is 17.7 Å². The number of sulfonamides is 1. The van der Waals surface area contributed by atoms with Crippen LogP contribution in [-0.4, -0.2) is 26.5 Å². The van der Waals surface area contributed by atoms with Crippen LogP contribution in [-0.2, 0) is 10.0 Å². The summed E-state index contributed by atoms with van der Waals surface area (Å²) in [6.45, 7) is 3.76. The number of halogens is 1. The number of carboxylic acid groups (broad SMARTS) is 1. The van der Waals surface area contributed by atoms with E-state index in [1.807, 2.05) is 26.0 Å². The minimum atomic E-state index is -3.85. The summed E-state index contributed by atoms with van der Waals surface area (Å²) >= 11 is 3.11. The lowest BCUT2D eigenvalue weighted by molar-refractivity contribution is 0.0695. The molecule has 0 aliphatic rings. The van der Waals surface area contributed by atoms with E-state index in [1.54, 1.807) is 6.07 Å². The quantitative estimate of drug-likeness (QED) is 0.854. The number of aryl methyl sites for hydroxylation is 2. The Hall–Kier alpha value is -1.86. The molecular weight excluding hydrogens is 382 g/mol. The van der Waals surface area contributed by atoms with E-state index >= 15 is 0 Å². The Morgan fingerprint density at radius 1 is 1.13 bits per heavy atom. The maximum Gasteiger partial charge on any atom is 0.336 e. The van der Waals surface area contributed by atoms with Crippen molar-refractivity contribution in [3.05, 3.63) is 57.6 Å². The molecule has 0 spiro atoms. The largest absolute Gasteiger partial charge is 0.478 e. The predicted octanol–water partition coefficient (Wildman–Crippen LogP) is 3.59. The van der Waals surface area contributed by atoms with Gasteiger partial charge in [-0.15, -0.1) is 0 Å². The van der Waals surface area contributed by atoms with Gasteiger partial charge in [-0.3, -0.25) is 4.31 Å². The van der Waals surface area contributed by atoms with E-state index in [0.29, 0.717) is 10.2 Å². The molecule has 2 aromatic rings. The molecule has 0 atom stereocenters. The third-order valence-corrected chi connectivity index (χ3v) is 5.98. The number of carbonyl (C=O) groups is 1. The summed E-state index contributed by atoms with van der Waals surface area (Å²) < 4.78 is 27.0. The van der Waals surface area contributed by atoms with Gasteiger partial charge in [-0.05, 0) is 59.6 Å². The lowest BCUT2D eigenvalue weighted by Gasteiger charge is -2.22. The Morgan fingerprint density at radius 3 is 2.35 bits per heavy atom. The molecule has 0 aliphatic heterocycles. The normalized spacial score (nSPS) is 11.3. The number of aromatic carboxylic acids is 1. The molecule has 7 heteroatoms. The third-order valence-electron chi connectivity index (χ3n) is 3.52. The topological polar surface area (TPSA) is 74.7 Å². The highest BCUT2D eigenvalue weighted by Crippen LogP contribution is 2.28. The van der Waals surface area contributed by atoms with E-state index in [4.69, 9.17) is 5.11 Å². The van der Waals surface area contributed by atoms with Crippen LogP contribution >= 0.6 is 15.9 Å². The number of hydrogen-bond donors (Lipinski definition) is 1. The van der Waals surface area contributed by atoms with Crippen molar-refractivity contribution in [3.8, 4) is 0 Å². The maximum absolute atomic E-state index is 12.8. The third kappa shape index (κ3) is 3.40. The molecule has 0 saturated heterocycles. The molecule has 0 bridgehead atoms. The summed E-state index contributed by atoms with van der Waals surface area (Å²) in [7, 11) is -2.40. The Morgan fingerprint density at radius 2 is 1.78 bits per heavy atom. The highest BCUT2D eigenvalue weighted by Gasteiger charge is 2.24. The molecule has 0 aliphatic carbocycles. The van der Waals surface area contributed by atoms with Crippen LogP contribution in [0.25, 0.3) is 0 Å². The first-order valence-corrected chi connectivity index (χ1v) is 8.97. The first-order chi connectivity index (χ1) is 10.6. The monoisotopic (exact) mass is 397 g/mol. The van der Waals surface area contributed by atoms with E-state index < -0.39 is 16.0 Å². The summed E-state index contributed by atoms with van der Waals surface area (Å²) in [5.74, 6) is -1.19. The van der Waals surface area contributed by atoms with Crippen LogP contribution in [0.2, 0.25) is 0 Å². The molecule has 2 aromatic carbocycles. The zero-order chi connectivity index (χ0) is 17.4. The SMILES string of the molecule is Cc1ccc(N(C)S(=O)(=O)c2ccc(Br)c(C(=O)O)c2)c(C)c1. The number of carboxylic acids is 1. The number of hydrogen-bond acceptors (Lipinski definition) is 3. The average Bonchev–Trinajstić information content (AvgIpc) is 2.46. The summed E-state index contributed by atoms with van der Waals surface area (Å²) in [6.07, 6.45) is 0. The Labute approximate surface area is 143 Å². The molecule has 0 saturated carbocycles. The number of nitrogens with zero attached hydrogens (tertiary/aromatic N) is 1. The van der Waals surface area contributed by atoms with Gasteiger partial charge < -0.3 is 5.11 Å². The fraction of sp³-hybridized carbons (Fsp3) is 0.188. The fourth-order valence-electron chi connectivity index (χ4n) is 2.28. The molecule has 23 heavy (non-hydrogen) atoms. The van der Waals surface area contributed by atoms with Crippen molar-refractivity contribution in [2.24, 2.45) is 0 Å².